The van der Waals surface area contributed by atoms with Crippen LogP contribution in [0.5, 0.6) is 0 Å². The number of aromatic nitrogens is 2. The summed E-state index contributed by atoms with van der Waals surface area (Å²) in [5.41, 5.74) is -0.262. The molecule has 2 aliphatic heterocycles. The zero-order valence-electron chi connectivity index (χ0n) is 9.63. The zero-order chi connectivity index (χ0) is 12.4. The average Bonchev–Trinajstić information content (AvgIpc) is 3.11. The maximum absolute atomic E-state index is 11.5. The molecule has 1 fully saturated rings. The van der Waals surface area contributed by atoms with Gasteiger partial charge in [-0.05, 0) is 12.2 Å². The maximum atomic E-state index is 11.5. The average molecular weight is 247 g/mol. The van der Waals surface area contributed by atoms with Gasteiger partial charge in [-0.2, -0.15) is 0 Å². The van der Waals surface area contributed by atoms with Crippen molar-refractivity contribution in [2.24, 2.45) is 0 Å². The number of nitrogens with zero attached hydrogens (tertiary/aromatic N) is 1. The summed E-state index contributed by atoms with van der Waals surface area (Å²) in [5, 5.41) is 3.12. The number of dihydropyridines is 1. The van der Waals surface area contributed by atoms with Crippen LogP contribution in [-0.2, 0) is 14.3 Å². The highest BCUT2D eigenvalue weighted by Gasteiger charge is 2.42. The second-order valence-corrected chi connectivity index (χ2v) is 4.13. The minimum atomic E-state index is -0.993. The molecule has 6 nitrogen and oxygen atoms in total. The number of aldehydes is 1. The molecule has 0 amide bonds. The van der Waals surface area contributed by atoms with Crippen molar-refractivity contribution in [2.75, 3.05) is 13.2 Å². The van der Waals surface area contributed by atoms with Crippen LogP contribution in [0.1, 0.15) is 5.82 Å². The van der Waals surface area contributed by atoms with Crippen molar-refractivity contribution >= 4 is 12.0 Å². The van der Waals surface area contributed by atoms with Gasteiger partial charge in [0.2, 0.25) is 0 Å². The number of allylic oxidation sites excluding steroid dienone is 2. The molecule has 1 saturated heterocycles. The molecular weight excluding hydrogens is 234 g/mol. The minimum Gasteiger partial charge on any atom is -0.363 e. The van der Waals surface area contributed by atoms with Crippen molar-refractivity contribution in [3.8, 4) is 0 Å². The van der Waals surface area contributed by atoms with Crippen LogP contribution in [0.3, 0.4) is 0 Å². The van der Waals surface area contributed by atoms with Crippen LogP contribution < -0.4 is 5.32 Å². The van der Waals surface area contributed by atoms with E-state index < -0.39 is 11.8 Å². The lowest BCUT2D eigenvalue weighted by atomic mass is 9.96. The minimum absolute atomic E-state index is 0.496. The molecule has 1 unspecified atom stereocenters. The monoisotopic (exact) mass is 247 g/mol. The number of aromatic amines is 1. The first-order valence-corrected chi connectivity index (χ1v) is 5.71. The van der Waals surface area contributed by atoms with Crippen LogP contribution in [0.2, 0.25) is 0 Å². The van der Waals surface area contributed by atoms with Gasteiger partial charge in [-0.3, -0.25) is 0 Å². The van der Waals surface area contributed by atoms with Crippen LogP contribution >= 0.6 is 0 Å². The highest BCUT2D eigenvalue weighted by atomic mass is 16.7. The lowest BCUT2D eigenvalue weighted by Crippen LogP contribution is -2.55. The van der Waals surface area contributed by atoms with Gasteiger partial charge in [0, 0.05) is 12.4 Å². The molecule has 3 heterocycles. The smallest absolute Gasteiger partial charge is 0.191 e. The number of hydrogen-bond acceptors (Lipinski definition) is 5. The normalized spacial score (nSPS) is 27.9. The number of hydrogen-bond donors (Lipinski definition) is 2. The fourth-order valence-electron chi connectivity index (χ4n) is 2.07. The Kier molecular flexibility index (Phi) is 2.73. The summed E-state index contributed by atoms with van der Waals surface area (Å²) in [6, 6.07) is 0. The molecule has 0 bridgehead atoms. The Balaban J connectivity index is 1.89. The first-order valence-electron chi connectivity index (χ1n) is 5.71. The SMILES string of the molecule is O=CC1(C2OCCO2)C=CC=C(c2ncc[nH]2)N1. The van der Waals surface area contributed by atoms with Crippen LogP contribution in [0.25, 0.3) is 5.70 Å². The van der Waals surface area contributed by atoms with Crippen molar-refractivity contribution in [3.05, 3.63) is 36.4 Å². The molecule has 2 N–H and O–H groups in total. The van der Waals surface area contributed by atoms with Gasteiger partial charge in [-0.1, -0.05) is 6.08 Å². The third kappa shape index (κ3) is 1.75. The Morgan fingerprint density at radius 3 is 2.94 bits per heavy atom. The van der Waals surface area contributed by atoms with Gasteiger partial charge < -0.3 is 24.6 Å². The Bertz CT molecular complexity index is 489. The largest absolute Gasteiger partial charge is 0.363 e. The molecule has 94 valence electrons. The third-order valence-electron chi connectivity index (χ3n) is 2.95. The number of carbonyl (C=O) groups is 1. The van der Waals surface area contributed by atoms with E-state index in [4.69, 9.17) is 9.47 Å². The Morgan fingerprint density at radius 2 is 2.28 bits per heavy atom. The van der Waals surface area contributed by atoms with Gasteiger partial charge in [0.15, 0.2) is 23.9 Å². The van der Waals surface area contributed by atoms with Crippen LogP contribution in [0.4, 0.5) is 0 Å². The summed E-state index contributed by atoms with van der Waals surface area (Å²) in [5.74, 6) is 0.670. The lowest BCUT2D eigenvalue weighted by molar-refractivity contribution is -0.129. The quantitative estimate of drug-likeness (QED) is 0.747. The summed E-state index contributed by atoms with van der Waals surface area (Å²) >= 11 is 0. The number of H-pyrrole nitrogens is 1. The van der Waals surface area contributed by atoms with Crippen molar-refractivity contribution in [3.63, 3.8) is 0 Å². The molecule has 0 radical (unpaired) electrons. The van der Waals surface area contributed by atoms with Gasteiger partial charge in [-0.25, -0.2) is 4.98 Å². The maximum Gasteiger partial charge on any atom is 0.191 e. The number of rotatable bonds is 3. The number of nitrogens with one attached hydrogen (secondary N) is 2. The summed E-state index contributed by atoms with van der Waals surface area (Å²) < 4.78 is 10.9. The topological polar surface area (TPSA) is 76.2 Å². The molecule has 0 saturated carbocycles. The molecule has 1 atom stereocenters. The summed E-state index contributed by atoms with van der Waals surface area (Å²) in [4.78, 5) is 18.6. The predicted octanol–water partition coefficient (Wildman–Crippen LogP) is 0.221. The van der Waals surface area contributed by atoms with Crippen molar-refractivity contribution in [1.82, 2.24) is 15.3 Å². The van der Waals surface area contributed by atoms with E-state index in [-0.39, 0.29) is 0 Å². The van der Waals surface area contributed by atoms with Crippen LogP contribution in [0.15, 0.2) is 30.6 Å². The summed E-state index contributed by atoms with van der Waals surface area (Å²) in [7, 11) is 0. The molecule has 18 heavy (non-hydrogen) atoms. The molecule has 1 aromatic rings. The third-order valence-corrected chi connectivity index (χ3v) is 2.95. The van der Waals surface area contributed by atoms with E-state index in [0.717, 1.165) is 12.0 Å². The van der Waals surface area contributed by atoms with Gasteiger partial charge in [0.1, 0.15) is 0 Å². The zero-order valence-corrected chi connectivity index (χ0v) is 9.63. The Morgan fingerprint density at radius 1 is 1.44 bits per heavy atom. The first kappa shape index (κ1) is 11.2. The highest BCUT2D eigenvalue weighted by Crippen LogP contribution is 2.25. The number of ether oxygens (including phenoxy) is 2. The number of carbonyl (C=O) groups excluding carboxylic acids is 1. The predicted molar refractivity (Wildman–Crippen MR) is 63.3 cm³/mol. The van der Waals surface area contributed by atoms with E-state index in [9.17, 15) is 4.79 Å². The molecule has 2 aliphatic rings. The summed E-state index contributed by atoms with van der Waals surface area (Å²) in [6.45, 7) is 0.991. The highest BCUT2D eigenvalue weighted by molar-refractivity contribution is 5.76. The van der Waals surface area contributed by atoms with E-state index in [2.05, 4.69) is 15.3 Å². The van der Waals surface area contributed by atoms with Crippen molar-refractivity contribution in [1.29, 1.82) is 0 Å². The van der Waals surface area contributed by atoms with Gasteiger partial charge in [0.05, 0.1) is 18.9 Å². The van der Waals surface area contributed by atoms with E-state index in [1.54, 1.807) is 24.5 Å². The molecule has 6 heteroatoms. The molecule has 0 spiro atoms. The van der Waals surface area contributed by atoms with Crippen molar-refractivity contribution < 1.29 is 14.3 Å². The van der Waals surface area contributed by atoms with Crippen LogP contribution in [-0.4, -0.2) is 41.3 Å². The second-order valence-electron chi connectivity index (χ2n) is 4.13. The fourth-order valence-corrected chi connectivity index (χ4v) is 2.07. The Hall–Kier alpha value is -1.92. The van der Waals surface area contributed by atoms with Crippen molar-refractivity contribution in [2.45, 2.75) is 11.8 Å². The number of imidazole rings is 1. The van der Waals surface area contributed by atoms with Gasteiger partial charge in [-0.15, -0.1) is 0 Å². The Labute approximate surface area is 104 Å². The molecule has 3 rings (SSSR count). The van der Waals surface area contributed by atoms with E-state index in [0.29, 0.717) is 19.0 Å². The van der Waals surface area contributed by atoms with Crippen LogP contribution in [0, 0.1) is 0 Å². The lowest BCUT2D eigenvalue weighted by Gasteiger charge is -2.33. The van der Waals surface area contributed by atoms with Gasteiger partial charge >= 0.3 is 0 Å². The molecule has 1 aromatic heterocycles. The van der Waals surface area contributed by atoms with Gasteiger partial charge in [0.25, 0.3) is 0 Å². The second kappa shape index (κ2) is 4.40. The van der Waals surface area contributed by atoms with E-state index in [1.165, 1.54) is 0 Å². The fraction of sp³-hybridized carbons (Fsp3) is 0.333. The standard InChI is InChI=1S/C12H13N3O3/c16-8-12(11-17-6-7-18-11)3-1-2-9(15-12)10-13-4-5-14-10/h1-5,8,11,15H,6-7H2,(H,13,14). The molecule has 0 aromatic carbocycles. The van der Waals surface area contributed by atoms with E-state index in [1.807, 2.05) is 6.08 Å². The molecular formula is C12H13N3O3. The molecule has 0 aliphatic carbocycles. The van der Waals surface area contributed by atoms with E-state index >= 15 is 0 Å². The first-order chi connectivity index (χ1) is 8.84. The summed E-state index contributed by atoms with van der Waals surface area (Å²) in [6.07, 6.45) is 8.95.